The van der Waals surface area contributed by atoms with Crippen LogP contribution in [0.1, 0.15) is 25.7 Å². The molecule has 0 aliphatic rings. The Labute approximate surface area is 152 Å². The molecule has 4 nitrogen and oxygen atoms in total. The highest BCUT2D eigenvalue weighted by Crippen LogP contribution is 2.38. The zero-order chi connectivity index (χ0) is 17.1. The Morgan fingerprint density at radius 3 is 2.58 bits per heavy atom. The smallest absolute Gasteiger partial charge is 0.215 e. The van der Waals surface area contributed by atoms with Gasteiger partial charge in [0.05, 0.1) is 14.9 Å². The predicted molar refractivity (Wildman–Crippen MR) is 100.0 cm³/mol. The molecule has 7 heteroatoms. The Kier molecular flexibility index (Phi) is 4.86. The maximum atomic E-state index is 12.6. The minimum atomic E-state index is -0.210. The summed E-state index contributed by atoms with van der Waals surface area (Å²) in [5.41, 5.74) is 7.63. The van der Waals surface area contributed by atoms with E-state index in [-0.39, 0.29) is 11.5 Å². The molecule has 0 aliphatic heterocycles. The third-order valence-electron chi connectivity index (χ3n) is 3.36. The summed E-state index contributed by atoms with van der Waals surface area (Å²) < 4.78 is 0.538. The number of nitrogens with one attached hydrogen (secondary N) is 1. The molecule has 0 radical (unpaired) electrons. The van der Waals surface area contributed by atoms with Crippen LogP contribution in [0.25, 0.3) is 0 Å². The van der Waals surface area contributed by atoms with Gasteiger partial charge in [0.25, 0.3) is 0 Å². The topological polar surface area (TPSA) is 78.9 Å². The van der Waals surface area contributed by atoms with Gasteiger partial charge < -0.3 is 11.1 Å². The van der Waals surface area contributed by atoms with Gasteiger partial charge in [-0.1, -0.05) is 41.9 Å². The Morgan fingerprint density at radius 2 is 1.96 bits per heavy atom. The highest BCUT2D eigenvalue weighted by atomic mass is 35.5. The van der Waals surface area contributed by atoms with Crippen LogP contribution in [0, 0.1) is 11.3 Å². The molecule has 0 atom stereocenters. The van der Waals surface area contributed by atoms with Crippen LogP contribution in [-0.2, 0) is 6.54 Å². The highest BCUT2D eigenvalue weighted by molar-refractivity contribution is 7.21. The summed E-state index contributed by atoms with van der Waals surface area (Å²) in [6.07, 6.45) is 0. The number of thiophene rings is 2. The Balaban J connectivity index is 1.88. The second-order valence-electron chi connectivity index (χ2n) is 4.93. The molecule has 0 bridgehead atoms. The quantitative estimate of drug-likeness (QED) is 0.632. The summed E-state index contributed by atoms with van der Waals surface area (Å²) in [5, 5.41) is 13.2. The number of benzene rings is 1. The van der Waals surface area contributed by atoms with Crippen molar-refractivity contribution in [2.45, 2.75) is 6.54 Å². The van der Waals surface area contributed by atoms with E-state index in [1.807, 2.05) is 30.3 Å². The van der Waals surface area contributed by atoms with Gasteiger partial charge in [-0.3, -0.25) is 4.79 Å². The molecule has 120 valence electrons. The van der Waals surface area contributed by atoms with Crippen LogP contribution in [0.2, 0.25) is 4.34 Å². The van der Waals surface area contributed by atoms with Crippen molar-refractivity contribution in [2.24, 2.45) is 0 Å². The number of carbonyl (C=O) groups excluding carboxylic acids is 1. The maximum absolute atomic E-state index is 12.6. The lowest BCUT2D eigenvalue weighted by Gasteiger charge is -2.04. The van der Waals surface area contributed by atoms with Gasteiger partial charge in [0.2, 0.25) is 5.78 Å². The molecule has 0 saturated carbocycles. The molecule has 0 unspecified atom stereocenters. The van der Waals surface area contributed by atoms with E-state index in [4.69, 9.17) is 17.3 Å². The molecule has 0 saturated heterocycles. The molecule has 24 heavy (non-hydrogen) atoms. The molecule has 0 spiro atoms. The summed E-state index contributed by atoms with van der Waals surface area (Å²) in [5.74, 6) is -0.210. The Bertz CT molecular complexity index is 925. The number of anilines is 2. The fourth-order valence-electron chi connectivity index (χ4n) is 2.17. The molecule has 0 fully saturated rings. The molecule has 2 aromatic heterocycles. The highest BCUT2D eigenvalue weighted by Gasteiger charge is 2.23. The van der Waals surface area contributed by atoms with Crippen molar-refractivity contribution in [2.75, 3.05) is 11.1 Å². The van der Waals surface area contributed by atoms with Crippen molar-refractivity contribution in [3.63, 3.8) is 0 Å². The third-order valence-corrected chi connectivity index (χ3v) is 5.75. The third kappa shape index (κ3) is 3.29. The van der Waals surface area contributed by atoms with E-state index in [0.29, 0.717) is 31.2 Å². The average molecular weight is 374 g/mol. The van der Waals surface area contributed by atoms with E-state index in [0.717, 1.165) is 5.56 Å². The predicted octanol–water partition coefficient (Wildman–Crippen LogP) is 4.76. The van der Waals surface area contributed by atoms with Gasteiger partial charge in [-0.2, -0.15) is 5.26 Å². The summed E-state index contributed by atoms with van der Waals surface area (Å²) in [6.45, 7) is 0.550. The number of rotatable bonds is 5. The summed E-state index contributed by atoms with van der Waals surface area (Å²) in [4.78, 5) is 13.4. The standard InChI is InChI=1S/C17H12ClN3OS2/c18-13-7-6-12(23-13)15(22)16-14(20)11(8-19)17(24-16)21-9-10-4-2-1-3-5-10/h1-7,21H,9,20H2. The molecular weight excluding hydrogens is 362 g/mol. The van der Waals surface area contributed by atoms with Crippen molar-refractivity contribution in [1.82, 2.24) is 0 Å². The van der Waals surface area contributed by atoms with Gasteiger partial charge in [0.1, 0.15) is 21.5 Å². The zero-order valence-electron chi connectivity index (χ0n) is 12.4. The van der Waals surface area contributed by atoms with Crippen LogP contribution in [-0.4, -0.2) is 5.78 Å². The van der Waals surface area contributed by atoms with Crippen LogP contribution >= 0.6 is 34.3 Å². The van der Waals surface area contributed by atoms with Crippen molar-refractivity contribution in [3.05, 3.63) is 67.7 Å². The fraction of sp³-hybridized carbons (Fsp3) is 0.0588. The molecule has 0 amide bonds. The molecule has 3 aromatic rings. The second-order valence-corrected chi connectivity index (χ2v) is 7.67. The van der Waals surface area contributed by atoms with Crippen molar-refractivity contribution >= 4 is 50.7 Å². The number of nitrogens with two attached hydrogens (primary N) is 1. The van der Waals surface area contributed by atoms with Crippen LogP contribution < -0.4 is 11.1 Å². The van der Waals surface area contributed by atoms with E-state index in [2.05, 4.69) is 11.4 Å². The molecular formula is C17H12ClN3OS2. The second kappa shape index (κ2) is 7.05. The molecule has 3 rings (SSSR count). The minimum Gasteiger partial charge on any atom is -0.396 e. The lowest BCUT2D eigenvalue weighted by atomic mass is 10.2. The van der Waals surface area contributed by atoms with Gasteiger partial charge in [-0.05, 0) is 17.7 Å². The number of halogens is 1. The fourth-order valence-corrected chi connectivity index (χ4v) is 4.25. The summed E-state index contributed by atoms with van der Waals surface area (Å²) in [6, 6.07) is 15.2. The number of carbonyl (C=O) groups is 1. The largest absolute Gasteiger partial charge is 0.396 e. The number of hydrogen-bond acceptors (Lipinski definition) is 6. The average Bonchev–Trinajstić information content (AvgIpc) is 3.16. The van der Waals surface area contributed by atoms with E-state index in [1.54, 1.807) is 12.1 Å². The van der Waals surface area contributed by atoms with E-state index in [1.165, 1.54) is 22.7 Å². The first-order chi connectivity index (χ1) is 11.6. The van der Waals surface area contributed by atoms with E-state index < -0.39 is 0 Å². The summed E-state index contributed by atoms with van der Waals surface area (Å²) >= 11 is 8.28. The lowest BCUT2D eigenvalue weighted by molar-refractivity contribution is 0.104. The SMILES string of the molecule is N#Cc1c(NCc2ccccc2)sc(C(=O)c2ccc(Cl)s2)c1N. The van der Waals surface area contributed by atoms with Crippen LogP contribution in [0.5, 0.6) is 0 Å². The number of ketones is 1. The molecule has 3 N–H and O–H groups in total. The van der Waals surface area contributed by atoms with E-state index >= 15 is 0 Å². The first-order valence-corrected chi connectivity index (χ1v) is 9.01. The van der Waals surface area contributed by atoms with Gasteiger partial charge in [0, 0.05) is 6.54 Å². The first kappa shape index (κ1) is 16.5. The van der Waals surface area contributed by atoms with Crippen LogP contribution in [0.3, 0.4) is 0 Å². The Morgan fingerprint density at radius 1 is 1.21 bits per heavy atom. The van der Waals surface area contributed by atoms with Crippen LogP contribution in [0.4, 0.5) is 10.7 Å². The number of hydrogen-bond donors (Lipinski definition) is 2. The first-order valence-electron chi connectivity index (χ1n) is 7.00. The maximum Gasteiger partial charge on any atom is 0.215 e. The van der Waals surface area contributed by atoms with E-state index in [9.17, 15) is 10.1 Å². The van der Waals surface area contributed by atoms with Crippen LogP contribution in [0.15, 0.2) is 42.5 Å². The van der Waals surface area contributed by atoms with Gasteiger partial charge in [-0.15, -0.1) is 22.7 Å². The number of nitrogens with zero attached hydrogens (tertiary/aromatic N) is 1. The van der Waals surface area contributed by atoms with Gasteiger partial charge in [0.15, 0.2) is 0 Å². The van der Waals surface area contributed by atoms with Crippen molar-refractivity contribution < 1.29 is 4.79 Å². The van der Waals surface area contributed by atoms with Crippen molar-refractivity contribution in [1.29, 1.82) is 5.26 Å². The van der Waals surface area contributed by atoms with Gasteiger partial charge >= 0.3 is 0 Å². The lowest BCUT2D eigenvalue weighted by Crippen LogP contribution is -2.01. The Hall–Kier alpha value is -2.33. The normalized spacial score (nSPS) is 10.3. The molecule has 2 heterocycles. The monoisotopic (exact) mass is 373 g/mol. The van der Waals surface area contributed by atoms with Gasteiger partial charge in [-0.25, -0.2) is 0 Å². The summed E-state index contributed by atoms with van der Waals surface area (Å²) in [7, 11) is 0. The van der Waals surface area contributed by atoms with Crippen molar-refractivity contribution in [3.8, 4) is 6.07 Å². The zero-order valence-corrected chi connectivity index (χ0v) is 14.8. The number of nitriles is 1. The molecule has 0 aliphatic carbocycles. The number of nitrogen functional groups attached to an aromatic ring is 1. The molecule has 1 aromatic carbocycles. The minimum absolute atomic E-state index is 0.210.